The van der Waals surface area contributed by atoms with Crippen LogP contribution in [0.4, 0.5) is 4.79 Å². The second-order valence-corrected chi connectivity index (χ2v) is 7.32. The fourth-order valence-electron chi connectivity index (χ4n) is 3.09. The van der Waals surface area contributed by atoms with Crippen LogP contribution in [0.2, 0.25) is 0 Å². The Morgan fingerprint density at radius 2 is 1.69 bits per heavy atom. The first-order chi connectivity index (χ1) is 7.44. The molecule has 2 bridgehead atoms. The number of imide groups is 1. The normalized spacial score (nSPS) is 44.5. The zero-order valence-electron chi connectivity index (χ0n) is 8.52. The molecule has 0 saturated carbocycles. The lowest BCUT2D eigenvalue weighted by Gasteiger charge is -2.34. The zero-order valence-corrected chi connectivity index (χ0v) is 9.34. The molecule has 1 spiro atoms. The van der Waals surface area contributed by atoms with E-state index in [1.807, 2.05) is 0 Å². The standard InChI is InChI=1S/C9H12N2O4S/c12-7-9(11-8(13)10-7)3-5-1-2-6(4-9)16(5,14)15/h5-6H,1-4H2,(H2,10,11,12,13). The van der Waals surface area contributed by atoms with Gasteiger partial charge in [0.25, 0.3) is 5.91 Å². The van der Waals surface area contributed by atoms with Crippen molar-refractivity contribution in [3.8, 4) is 0 Å². The average Bonchev–Trinajstić information content (AvgIpc) is 2.53. The summed E-state index contributed by atoms with van der Waals surface area (Å²) in [4.78, 5) is 22.8. The second-order valence-electron chi connectivity index (χ2n) is 4.81. The summed E-state index contributed by atoms with van der Waals surface area (Å²) in [7, 11) is -3.06. The summed E-state index contributed by atoms with van der Waals surface area (Å²) in [5, 5.41) is 3.86. The average molecular weight is 244 g/mol. The number of hydrogen-bond donors (Lipinski definition) is 2. The molecule has 2 unspecified atom stereocenters. The summed E-state index contributed by atoms with van der Waals surface area (Å²) < 4.78 is 23.7. The van der Waals surface area contributed by atoms with Crippen molar-refractivity contribution in [1.29, 1.82) is 0 Å². The minimum Gasteiger partial charge on any atom is -0.323 e. The van der Waals surface area contributed by atoms with E-state index in [1.54, 1.807) is 0 Å². The van der Waals surface area contributed by atoms with Crippen LogP contribution in [0.1, 0.15) is 25.7 Å². The number of carbonyl (C=O) groups excluding carboxylic acids is 2. The first-order valence-electron chi connectivity index (χ1n) is 5.30. The van der Waals surface area contributed by atoms with Gasteiger partial charge in [0.2, 0.25) is 0 Å². The summed E-state index contributed by atoms with van der Waals surface area (Å²) in [6.45, 7) is 0. The molecule has 3 aliphatic heterocycles. The molecule has 3 heterocycles. The molecule has 3 aliphatic rings. The molecule has 0 aromatic carbocycles. The Bertz CT molecular complexity index is 464. The molecule has 2 N–H and O–H groups in total. The molecular weight excluding hydrogens is 232 g/mol. The highest BCUT2D eigenvalue weighted by Crippen LogP contribution is 2.44. The van der Waals surface area contributed by atoms with Gasteiger partial charge in [-0.3, -0.25) is 10.1 Å². The highest BCUT2D eigenvalue weighted by atomic mass is 32.2. The van der Waals surface area contributed by atoms with Crippen LogP contribution in [0.5, 0.6) is 0 Å². The number of hydrogen-bond acceptors (Lipinski definition) is 4. The summed E-state index contributed by atoms with van der Waals surface area (Å²) in [6, 6.07) is -0.510. The first-order valence-corrected chi connectivity index (χ1v) is 6.91. The summed E-state index contributed by atoms with van der Waals surface area (Å²) >= 11 is 0. The van der Waals surface area contributed by atoms with Crippen LogP contribution in [0.25, 0.3) is 0 Å². The molecule has 0 aromatic rings. The van der Waals surface area contributed by atoms with E-state index in [4.69, 9.17) is 0 Å². The Hall–Kier alpha value is -1.11. The molecule has 0 aromatic heterocycles. The first kappa shape index (κ1) is 10.1. The predicted octanol–water partition coefficient (Wildman–Crippen LogP) is -0.696. The maximum atomic E-state index is 11.9. The molecule has 6 nitrogen and oxygen atoms in total. The number of urea groups is 1. The molecule has 0 radical (unpaired) electrons. The van der Waals surface area contributed by atoms with E-state index in [-0.39, 0.29) is 18.7 Å². The van der Waals surface area contributed by atoms with E-state index in [0.29, 0.717) is 12.8 Å². The van der Waals surface area contributed by atoms with E-state index < -0.39 is 31.9 Å². The Morgan fingerprint density at radius 3 is 2.12 bits per heavy atom. The molecule has 88 valence electrons. The molecular formula is C9H12N2O4S. The molecule has 16 heavy (non-hydrogen) atoms. The third-order valence-electron chi connectivity index (χ3n) is 3.91. The van der Waals surface area contributed by atoms with Gasteiger partial charge in [-0.25, -0.2) is 13.2 Å². The van der Waals surface area contributed by atoms with Crippen LogP contribution in [-0.2, 0) is 14.6 Å². The van der Waals surface area contributed by atoms with Gasteiger partial charge in [0.1, 0.15) is 5.54 Å². The number of fused-ring (bicyclic) bond motifs is 2. The quantitative estimate of drug-likeness (QED) is 0.551. The lowest BCUT2D eigenvalue weighted by atomic mass is 9.90. The van der Waals surface area contributed by atoms with Crippen molar-refractivity contribution in [3.63, 3.8) is 0 Å². The highest BCUT2D eigenvalue weighted by molar-refractivity contribution is 7.93. The van der Waals surface area contributed by atoms with Crippen molar-refractivity contribution in [3.05, 3.63) is 0 Å². The Kier molecular flexibility index (Phi) is 1.74. The molecule has 7 heteroatoms. The van der Waals surface area contributed by atoms with Gasteiger partial charge >= 0.3 is 6.03 Å². The van der Waals surface area contributed by atoms with Crippen molar-refractivity contribution in [2.24, 2.45) is 0 Å². The van der Waals surface area contributed by atoms with Gasteiger partial charge in [-0.1, -0.05) is 0 Å². The Morgan fingerprint density at radius 1 is 1.12 bits per heavy atom. The molecule has 3 fully saturated rings. The van der Waals surface area contributed by atoms with Gasteiger partial charge in [-0.15, -0.1) is 0 Å². The van der Waals surface area contributed by atoms with Crippen LogP contribution >= 0.6 is 0 Å². The smallest absolute Gasteiger partial charge is 0.322 e. The monoisotopic (exact) mass is 244 g/mol. The summed E-state index contributed by atoms with van der Waals surface area (Å²) in [5.74, 6) is -0.371. The highest BCUT2D eigenvalue weighted by Gasteiger charge is 2.59. The van der Waals surface area contributed by atoms with Gasteiger partial charge < -0.3 is 5.32 Å². The van der Waals surface area contributed by atoms with E-state index in [0.717, 1.165) is 0 Å². The van der Waals surface area contributed by atoms with Gasteiger partial charge in [-0.05, 0) is 25.7 Å². The lowest BCUT2D eigenvalue weighted by Crippen LogP contribution is -2.55. The van der Waals surface area contributed by atoms with E-state index >= 15 is 0 Å². The fraction of sp³-hybridized carbons (Fsp3) is 0.778. The molecule has 2 atom stereocenters. The van der Waals surface area contributed by atoms with Gasteiger partial charge in [0, 0.05) is 0 Å². The maximum absolute atomic E-state index is 11.9. The maximum Gasteiger partial charge on any atom is 0.322 e. The van der Waals surface area contributed by atoms with E-state index in [9.17, 15) is 18.0 Å². The number of rotatable bonds is 0. The number of nitrogens with one attached hydrogen (secondary N) is 2. The summed E-state index contributed by atoms with van der Waals surface area (Å²) in [6.07, 6.45) is 1.67. The van der Waals surface area contributed by atoms with Crippen LogP contribution in [0.15, 0.2) is 0 Å². The lowest BCUT2D eigenvalue weighted by molar-refractivity contribution is -0.124. The SMILES string of the molecule is O=C1NC(=O)C2(CC3CCC(C2)S3(=O)=O)N1. The minimum absolute atomic E-state index is 0.226. The van der Waals surface area contributed by atoms with Gasteiger partial charge in [-0.2, -0.15) is 0 Å². The predicted molar refractivity (Wildman–Crippen MR) is 54.4 cm³/mol. The fourth-order valence-corrected chi connectivity index (χ4v) is 5.59. The molecule has 3 amide bonds. The Balaban J connectivity index is 1.99. The summed E-state index contributed by atoms with van der Waals surface area (Å²) in [5.41, 5.74) is -0.964. The molecule has 3 rings (SSSR count). The van der Waals surface area contributed by atoms with Crippen molar-refractivity contribution >= 4 is 21.8 Å². The largest absolute Gasteiger partial charge is 0.323 e. The second kappa shape index (κ2) is 2.77. The third kappa shape index (κ3) is 1.09. The Labute approximate surface area is 92.7 Å². The van der Waals surface area contributed by atoms with Crippen LogP contribution < -0.4 is 10.6 Å². The number of sulfone groups is 1. The van der Waals surface area contributed by atoms with Gasteiger partial charge in [0.15, 0.2) is 9.84 Å². The van der Waals surface area contributed by atoms with Crippen LogP contribution in [0.3, 0.4) is 0 Å². The zero-order chi connectivity index (χ0) is 11.6. The van der Waals surface area contributed by atoms with Crippen molar-refractivity contribution < 1.29 is 18.0 Å². The van der Waals surface area contributed by atoms with E-state index in [2.05, 4.69) is 10.6 Å². The van der Waals surface area contributed by atoms with Crippen molar-refractivity contribution in [1.82, 2.24) is 10.6 Å². The number of carbonyl (C=O) groups is 2. The molecule has 0 aliphatic carbocycles. The number of amides is 3. The molecule has 3 saturated heterocycles. The topological polar surface area (TPSA) is 92.3 Å². The minimum atomic E-state index is -3.06. The third-order valence-corrected chi connectivity index (χ3v) is 6.57. The van der Waals surface area contributed by atoms with Crippen LogP contribution in [-0.4, -0.2) is 36.4 Å². The van der Waals surface area contributed by atoms with E-state index in [1.165, 1.54) is 0 Å². The van der Waals surface area contributed by atoms with Crippen molar-refractivity contribution in [2.45, 2.75) is 41.7 Å². The van der Waals surface area contributed by atoms with Crippen LogP contribution in [0, 0.1) is 0 Å². The van der Waals surface area contributed by atoms with Crippen molar-refractivity contribution in [2.75, 3.05) is 0 Å². The van der Waals surface area contributed by atoms with Gasteiger partial charge in [0.05, 0.1) is 10.5 Å².